The van der Waals surface area contributed by atoms with E-state index in [1.165, 1.54) is 15.7 Å². The largest absolute Gasteiger partial charge is 0.497 e. The van der Waals surface area contributed by atoms with E-state index >= 15 is 0 Å². The van der Waals surface area contributed by atoms with Crippen LogP contribution >= 0.6 is 11.3 Å². The average molecular weight is 302 g/mol. The first-order valence-corrected chi connectivity index (χ1v) is 6.87. The van der Waals surface area contributed by atoms with E-state index < -0.39 is 11.5 Å². The predicted octanol–water partition coefficient (Wildman–Crippen LogP) is 2.13. The van der Waals surface area contributed by atoms with Gasteiger partial charge in [-0.15, -0.1) is 11.3 Å². The summed E-state index contributed by atoms with van der Waals surface area (Å²) in [6.07, 6.45) is 1.09. The Bertz CT molecular complexity index is 880. The highest BCUT2D eigenvalue weighted by atomic mass is 32.1. The van der Waals surface area contributed by atoms with Gasteiger partial charge in [0.05, 0.1) is 19.0 Å². The number of carboxylic acids is 1. The van der Waals surface area contributed by atoms with Crippen LogP contribution in [0.1, 0.15) is 10.4 Å². The minimum Gasteiger partial charge on any atom is -0.497 e. The third-order valence-electron chi connectivity index (χ3n) is 3.06. The van der Waals surface area contributed by atoms with Crippen LogP contribution in [0.5, 0.6) is 5.75 Å². The molecule has 0 amide bonds. The first kappa shape index (κ1) is 13.3. The van der Waals surface area contributed by atoms with Gasteiger partial charge in [-0.2, -0.15) is 0 Å². The van der Waals surface area contributed by atoms with Gasteiger partial charge < -0.3 is 9.84 Å². The molecule has 0 saturated carbocycles. The van der Waals surface area contributed by atoms with E-state index in [0.29, 0.717) is 16.4 Å². The summed E-state index contributed by atoms with van der Waals surface area (Å²) >= 11 is 1.28. The zero-order chi connectivity index (χ0) is 15.0. The molecule has 7 heteroatoms. The topological polar surface area (TPSA) is 80.9 Å². The highest BCUT2D eigenvalue weighted by molar-refractivity contribution is 7.15. The van der Waals surface area contributed by atoms with E-state index in [1.54, 1.807) is 36.8 Å². The van der Waals surface area contributed by atoms with Crippen LogP contribution < -0.4 is 10.3 Å². The Labute approximate surface area is 122 Å². The van der Waals surface area contributed by atoms with Gasteiger partial charge >= 0.3 is 5.97 Å². The molecule has 0 atom stereocenters. The maximum atomic E-state index is 12.3. The van der Waals surface area contributed by atoms with E-state index in [9.17, 15) is 9.59 Å². The van der Waals surface area contributed by atoms with E-state index in [2.05, 4.69) is 4.98 Å². The number of benzene rings is 1. The smallest absolute Gasteiger partial charge is 0.342 e. The second kappa shape index (κ2) is 5.02. The van der Waals surface area contributed by atoms with Crippen LogP contribution in [-0.4, -0.2) is 27.6 Å². The van der Waals surface area contributed by atoms with Crippen molar-refractivity contribution in [3.63, 3.8) is 0 Å². The van der Waals surface area contributed by atoms with Crippen LogP contribution in [0.2, 0.25) is 0 Å². The molecule has 21 heavy (non-hydrogen) atoms. The van der Waals surface area contributed by atoms with Crippen molar-refractivity contribution in [1.29, 1.82) is 0 Å². The number of ether oxygens (including phenoxy) is 1. The van der Waals surface area contributed by atoms with Crippen molar-refractivity contribution in [1.82, 2.24) is 9.38 Å². The molecule has 2 heterocycles. The highest BCUT2D eigenvalue weighted by Crippen LogP contribution is 2.25. The van der Waals surface area contributed by atoms with Gasteiger partial charge in [-0.3, -0.25) is 9.20 Å². The van der Waals surface area contributed by atoms with Crippen LogP contribution in [0.4, 0.5) is 0 Å². The third kappa shape index (κ3) is 2.17. The fourth-order valence-electron chi connectivity index (χ4n) is 2.00. The van der Waals surface area contributed by atoms with Gasteiger partial charge in [0.1, 0.15) is 11.3 Å². The second-order valence-electron chi connectivity index (χ2n) is 4.25. The van der Waals surface area contributed by atoms with Gasteiger partial charge in [-0.25, -0.2) is 9.78 Å². The number of thiazole rings is 1. The lowest BCUT2D eigenvalue weighted by Gasteiger charge is -2.04. The normalized spacial score (nSPS) is 10.7. The number of rotatable bonds is 3. The lowest BCUT2D eigenvalue weighted by molar-refractivity contribution is 0.0694. The number of hydrogen-bond donors (Lipinski definition) is 1. The van der Waals surface area contributed by atoms with Gasteiger partial charge in [0.2, 0.25) is 0 Å². The number of aromatic nitrogens is 2. The summed E-state index contributed by atoms with van der Waals surface area (Å²) in [4.78, 5) is 27.8. The lowest BCUT2D eigenvalue weighted by Crippen LogP contribution is -2.22. The summed E-state index contributed by atoms with van der Waals surface area (Å²) < 4.78 is 6.41. The molecule has 2 aromatic heterocycles. The van der Waals surface area contributed by atoms with Crippen molar-refractivity contribution in [3.8, 4) is 17.0 Å². The summed E-state index contributed by atoms with van der Waals surface area (Å²) in [5.41, 5.74) is 0.465. The number of carbonyl (C=O) groups is 1. The summed E-state index contributed by atoms with van der Waals surface area (Å²) in [5, 5.41) is 10.8. The molecule has 0 spiro atoms. The van der Waals surface area contributed by atoms with Crippen molar-refractivity contribution >= 4 is 22.3 Å². The highest BCUT2D eigenvalue weighted by Gasteiger charge is 2.16. The van der Waals surface area contributed by atoms with Crippen molar-refractivity contribution in [2.24, 2.45) is 0 Å². The first-order valence-electron chi connectivity index (χ1n) is 5.99. The van der Waals surface area contributed by atoms with Crippen molar-refractivity contribution in [2.75, 3.05) is 7.11 Å². The Balaban J connectivity index is 2.25. The Morgan fingerprint density at radius 1 is 1.33 bits per heavy atom. The van der Waals surface area contributed by atoms with Gasteiger partial charge in [-0.05, 0) is 29.8 Å². The van der Waals surface area contributed by atoms with Crippen LogP contribution in [0, 0.1) is 0 Å². The Morgan fingerprint density at radius 3 is 2.67 bits per heavy atom. The number of methoxy groups -OCH3 is 1. The first-order chi connectivity index (χ1) is 10.1. The molecule has 3 rings (SSSR count). The summed E-state index contributed by atoms with van der Waals surface area (Å²) in [6, 6.07) is 7.16. The van der Waals surface area contributed by atoms with Gasteiger partial charge in [-0.1, -0.05) is 0 Å². The van der Waals surface area contributed by atoms with Crippen molar-refractivity contribution < 1.29 is 14.6 Å². The third-order valence-corrected chi connectivity index (χ3v) is 3.90. The van der Waals surface area contributed by atoms with Gasteiger partial charge in [0.25, 0.3) is 5.56 Å². The zero-order valence-electron chi connectivity index (χ0n) is 10.9. The number of nitrogens with zero attached hydrogens (tertiary/aromatic N) is 2. The van der Waals surface area contributed by atoms with E-state index in [1.807, 2.05) is 0 Å². The minimum atomic E-state index is -1.28. The predicted molar refractivity (Wildman–Crippen MR) is 78.3 cm³/mol. The van der Waals surface area contributed by atoms with Crippen molar-refractivity contribution in [2.45, 2.75) is 0 Å². The zero-order valence-corrected chi connectivity index (χ0v) is 11.8. The number of aromatic carboxylic acids is 1. The molecule has 3 aromatic rings. The molecule has 106 valence electrons. The SMILES string of the molecule is COc1ccc(-c2csc3ncc(C(=O)O)c(=O)n23)cc1. The average Bonchev–Trinajstić information content (AvgIpc) is 2.92. The van der Waals surface area contributed by atoms with E-state index in [0.717, 1.165) is 11.8 Å². The van der Waals surface area contributed by atoms with Crippen LogP contribution in [-0.2, 0) is 0 Å². The van der Waals surface area contributed by atoms with Crippen LogP contribution in [0.15, 0.2) is 40.6 Å². The lowest BCUT2D eigenvalue weighted by atomic mass is 10.1. The fraction of sp³-hybridized carbons (Fsp3) is 0.0714. The summed E-state index contributed by atoms with van der Waals surface area (Å²) in [7, 11) is 1.57. The molecule has 0 radical (unpaired) electrons. The molecule has 0 aliphatic carbocycles. The van der Waals surface area contributed by atoms with Gasteiger partial charge in [0, 0.05) is 5.38 Å². The molecule has 0 aliphatic heterocycles. The molecule has 0 unspecified atom stereocenters. The number of fused-ring (bicyclic) bond motifs is 1. The molecule has 0 bridgehead atoms. The molecule has 0 aliphatic rings. The number of carboxylic acid groups (broad SMARTS) is 1. The Morgan fingerprint density at radius 2 is 2.05 bits per heavy atom. The quantitative estimate of drug-likeness (QED) is 0.801. The molecule has 0 fully saturated rings. The van der Waals surface area contributed by atoms with Crippen LogP contribution in [0.25, 0.3) is 16.2 Å². The summed E-state index contributed by atoms with van der Waals surface area (Å²) in [6.45, 7) is 0. The standard InChI is InChI=1S/C14H10N2O4S/c1-20-9-4-2-8(3-5-9)11-7-21-14-15-6-10(13(18)19)12(17)16(11)14/h2-7H,1H3,(H,18,19). The molecule has 1 aromatic carbocycles. The Kier molecular flexibility index (Phi) is 3.19. The Hall–Kier alpha value is -2.67. The molecule has 6 nitrogen and oxygen atoms in total. The monoisotopic (exact) mass is 302 g/mol. The fourth-order valence-corrected chi connectivity index (χ4v) is 2.86. The second-order valence-corrected chi connectivity index (χ2v) is 5.09. The molecular weight excluding hydrogens is 292 g/mol. The maximum absolute atomic E-state index is 12.3. The maximum Gasteiger partial charge on any atom is 0.342 e. The number of hydrogen-bond acceptors (Lipinski definition) is 5. The van der Waals surface area contributed by atoms with Gasteiger partial charge in [0.15, 0.2) is 4.96 Å². The molecular formula is C14H10N2O4S. The summed E-state index contributed by atoms with van der Waals surface area (Å²) in [5.74, 6) is -0.580. The van der Waals surface area contributed by atoms with E-state index in [-0.39, 0.29) is 5.56 Å². The van der Waals surface area contributed by atoms with E-state index in [4.69, 9.17) is 9.84 Å². The van der Waals surface area contributed by atoms with Crippen LogP contribution in [0.3, 0.4) is 0 Å². The molecule has 0 saturated heterocycles. The molecule has 1 N–H and O–H groups in total. The van der Waals surface area contributed by atoms with Crippen molar-refractivity contribution in [3.05, 3.63) is 51.8 Å². The minimum absolute atomic E-state index is 0.347.